The van der Waals surface area contributed by atoms with Crippen LogP contribution in [0.3, 0.4) is 0 Å². The Morgan fingerprint density at radius 1 is 1.19 bits per heavy atom. The molecule has 1 amide bonds. The summed E-state index contributed by atoms with van der Waals surface area (Å²) in [5, 5.41) is 3.15. The Bertz CT molecular complexity index is 656. The van der Waals surface area contributed by atoms with Crippen molar-refractivity contribution in [2.24, 2.45) is 5.92 Å². The molecule has 0 fully saturated rings. The molecule has 0 aliphatic carbocycles. The maximum absolute atomic E-state index is 12.4. The molecule has 4 nitrogen and oxygen atoms in total. The Kier molecular flexibility index (Phi) is 8.13. The number of nitrogens with one attached hydrogen (secondary N) is 1. The van der Waals surface area contributed by atoms with Gasteiger partial charge in [0.15, 0.2) is 0 Å². The summed E-state index contributed by atoms with van der Waals surface area (Å²) in [6.45, 7) is 6.76. The summed E-state index contributed by atoms with van der Waals surface area (Å²) in [6.07, 6.45) is 7.63. The summed E-state index contributed by atoms with van der Waals surface area (Å²) < 4.78 is 5.78. The first-order valence-electron chi connectivity index (χ1n) is 9.56. The fourth-order valence-electron chi connectivity index (χ4n) is 2.89. The smallest absolute Gasteiger partial charge is 0.223 e. The maximum Gasteiger partial charge on any atom is 0.223 e. The topological polar surface area (TPSA) is 51.2 Å². The van der Waals surface area contributed by atoms with E-state index in [1.54, 1.807) is 12.4 Å². The zero-order valence-corrected chi connectivity index (χ0v) is 16.1. The number of pyridine rings is 1. The number of carbonyl (C=O) groups is 1. The van der Waals surface area contributed by atoms with E-state index in [1.165, 1.54) is 0 Å². The van der Waals surface area contributed by atoms with Crippen LogP contribution in [0.4, 0.5) is 0 Å². The molecule has 26 heavy (non-hydrogen) atoms. The van der Waals surface area contributed by atoms with Gasteiger partial charge in [-0.1, -0.05) is 44.9 Å². The lowest BCUT2D eigenvalue weighted by Crippen LogP contribution is -2.32. The van der Waals surface area contributed by atoms with Gasteiger partial charge in [0.05, 0.1) is 6.04 Å². The van der Waals surface area contributed by atoms with E-state index in [1.807, 2.05) is 43.3 Å². The number of carbonyl (C=O) groups excluding carboxylic acids is 1. The third-order valence-corrected chi connectivity index (χ3v) is 4.64. The molecule has 0 aliphatic rings. The third kappa shape index (κ3) is 6.17. The molecule has 0 saturated heterocycles. The lowest BCUT2D eigenvalue weighted by molar-refractivity contribution is -0.126. The van der Waals surface area contributed by atoms with E-state index in [2.05, 4.69) is 24.1 Å². The quantitative estimate of drug-likeness (QED) is 0.649. The predicted octanol–water partition coefficient (Wildman–Crippen LogP) is 5.05. The molecule has 0 aliphatic heterocycles. The Morgan fingerprint density at radius 3 is 2.58 bits per heavy atom. The molecule has 1 aromatic heterocycles. The number of hydrogen-bond donors (Lipinski definition) is 1. The molecular formula is C22H30N2O2. The molecule has 0 bridgehead atoms. The lowest BCUT2D eigenvalue weighted by Gasteiger charge is -2.20. The summed E-state index contributed by atoms with van der Waals surface area (Å²) in [6, 6.07) is 11.8. The summed E-state index contributed by atoms with van der Waals surface area (Å²) in [5.74, 6) is 1.08. The third-order valence-electron chi connectivity index (χ3n) is 4.64. The van der Waals surface area contributed by atoms with Crippen LogP contribution in [0, 0.1) is 5.92 Å². The number of hydrogen-bond acceptors (Lipinski definition) is 3. The molecule has 2 atom stereocenters. The molecular weight excluding hydrogens is 324 g/mol. The second kappa shape index (κ2) is 10.6. The van der Waals surface area contributed by atoms with E-state index in [-0.39, 0.29) is 17.9 Å². The second-order valence-corrected chi connectivity index (χ2v) is 6.70. The molecule has 4 heteroatoms. The first-order valence-corrected chi connectivity index (χ1v) is 9.56. The van der Waals surface area contributed by atoms with Crippen molar-refractivity contribution >= 4 is 5.91 Å². The van der Waals surface area contributed by atoms with Crippen molar-refractivity contribution in [1.82, 2.24) is 10.3 Å². The molecule has 1 N–H and O–H groups in total. The normalized spacial score (nSPS) is 13.0. The van der Waals surface area contributed by atoms with Crippen LogP contribution in [0.1, 0.15) is 63.6 Å². The van der Waals surface area contributed by atoms with Gasteiger partial charge in [0.25, 0.3) is 0 Å². The number of aromatic nitrogens is 1. The lowest BCUT2D eigenvalue weighted by atomic mass is 9.97. The van der Waals surface area contributed by atoms with Gasteiger partial charge in [-0.2, -0.15) is 0 Å². The van der Waals surface area contributed by atoms with E-state index in [0.717, 1.165) is 42.6 Å². The molecule has 1 heterocycles. The predicted molar refractivity (Wildman–Crippen MR) is 105 cm³/mol. The van der Waals surface area contributed by atoms with Gasteiger partial charge >= 0.3 is 0 Å². The van der Waals surface area contributed by atoms with Crippen molar-refractivity contribution in [1.29, 1.82) is 0 Å². The van der Waals surface area contributed by atoms with Crippen molar-refractivity contribution in [2.45, 2.75) is 59.1 Å². The van der Waals surface area contributed by atoms with Crippen LogP contribution in [0.25, 0.3) is 0 Å². The van der Waals surface area contributed by atoms with Gasteiger partial charge in [-0.05, 0) is 43.5 Å². The Labute approximate surface area is 157 Å². The molecule has 2 aromatic rings. The van der Waals surface area contributed by atoms with E-state index in [9.17, 15) is 4.79 Å². The van der Waals surface area contributed by atoms with Crippen LogP contribution in [0.2, 0.25) is 0 Å². The second-order valence-electron chi connectivity index (χ2n) is 6.70. The van der Waals surface area contributed by atoms with Gasteiger partial charge in [-0.3, -0.25) is 9.78 Å². The van der Waals surface area contributed by atoms with Gasteiger partial charge in [0, 0.05) is 23.9 Å². The van der Waals surface area contributed by atoms with E-state index in [0.29, 0.717) is 6.61 Å². The van der Waals surface area contributed by atoms with Crippen molar-refractivity contribution in [2.75, 3.05) is 0 Å². The van der Waals surface area contributed by atoms with Crippen LogP contribution in [0.15, 0.2) is 48.8 Å². The number of benzene rings is 1. The molecule has 0 radical (unpaired) electrons. The minimum atomic E-state index is -0.00875. The zero-order valence-electron chi connectivity index (χ0n) is 16.1. The van der Waals surface area contributed by atoms with Crippen LogP contribution >= 0.6 is 0 Å². The van der Waals surface area contributed by atoms with Crippen LogP contribution in [-0.4, -0.2) is 10.9 Å². The van der Waals surface area contributed by atoms with Gasteiger partial charge in [-0.15, -0.1) is 0 Å². The fraction of sp³-hybridized carbons (Fsp3) is 0.455. The average Bonchev–Trinajstić information content (AvgIpc) is 2.68. The first-order chi connectivity index (χ1) is 12.6. The van der Waals surface area contributed by atoms with Crippen LogP contribution < -0.4 is 10.1 Å². The standard InChI is InChI=1S/C22H30N2O2/c1-4-6-9-19(5-2)22(25)24-17(3)20-10-12-21(13-11-20)26-16-18-8-7-14-23-15-18/h7-8,10-15,17,19H,4-6,9,16H2,1-3H3,(H,24,25). The summed E-state index contributed by atoms with van der Waals surface area (Å²) in [7, 11) is 0. The first kappa shape index (κ1) is 20.0. The molecule has 0 spiro atoms. The number of ether oxygens (including phenoxy) is 1. The molecule has 140 valence electrons. The Balaban J connectivity index is 1.87. The van der Waals surface area contributed by atoms with E-state index in [4.69, 9.17) is 4.74 Å². The number of rotatable bonds is 10. The summed E-state index contributed by atoms with van der Waals surface area (Å²) in [5.41, 5.74) is 2.12. The monoisotopic (exact) mass is 354 g/mol. The molecule has 2 unspecified atom stereocenters. The van der Waals surface area contributed by atoms with Gasteiger partial charge < -0.3 is 10.1 Å². The molecule has 2 rings (SSSR count). The number of amides is 1. The highest BCUT2D eigenvalue weighted by Gasteiger charge is 2.18. The van der Waals surface area contributed by atoms with Gasteiger partial charge in [-0.25, -0.2) is 0 Å². The molecule has 1 aromatic carbocycles. The molecule has 0 saturated carbocycles. The fourth-order valence-corrected chi connectivity index (χ4v) is 2.89. The highest BCUT2D eigenvalue weighted by atomic mass is 16.5. The van der Waals surface area contributed by atoms with E-state index >= 15 is 0 Å². The van der Waals surface area contributed by atoms with Crippen molar-refractivity contribution in [3.05, 3.63) is 59.9 Å². The van der Waals surface area contributed by atoms with Crippen LogP contribution in [-0.2, 0) is 11.4 Å². The largest absolute Gasteiger partial charge is 0.489 e. The van der Waals surface area contributed by atoms with Gasteiger partial charge in [0.1, 0.15) is 12.4 Å². The van der Waals surface area contributed by atoms with Crippen LogP contribution in [0.5, 0.6) is 5.75 Å². The minimum absolute atomic E-state index is 0.00875. The van der Waals surface area contributed by atoms with Crippen molar-refractivity contribution in [3.63, 3.8) is 0 Å². The van der Waals surface area contributed by atoms with Crippen molar-refractivity contribution < 1.29 is 9.53 Å². The summed E-state index contributed by atoms with van der Waals surface area (Å²) >= 11 is 0. The Morgan fingerprint density at radius 2 is 1.96 bits per heavy atom. The highest BCUT2D eigenvalue weighted by molar-refractivity contribution is 5.79. The zero-order chi connectivity index (χ0) is 18.8. The van der Waals surface area contributed by atoms with E-state index < -0.39 is 0 Å². The number of nitrogens with zero attached hydrogens (tertiary/aromatic N) is 1. The summed E-state index contributed by atoms with van der Waals surface area (Å²) in [4.78, 5) is 16.5. The average molecular weight is 354 g/mol. The van der Waals surface area contributed by atoms with Gasteiger partial charge in [0.2, 0.25) is 5.91 Å². The highest BCUT2D eigenvalue weighted by Crippen LogP contribution is 2.20. The Hall–Kier alpha value is -2.36. The van der Waals surface area contributed by atoms with Crippen molar-refractivity contribution in [3.8, 4) is 5.75 Å². The SMILES string of the molecule is CCCCC(CC)C(=O)NC(C)c1ccc(OCc2cccnc2)cc1. The number of unbranched alkanes of at least 4 members (excludes halogenated alkanes) is 1. The minimum Gasteiger partial charge on any atom is -0.489 e. The maximum atomic E-state index is 12.4.